The molecule has 7 heteroatoms. The smallest absolute Gasteiger partial charge is 0.226 e. The molecule has 1 aromatic carbocycles. The van der Waals surface area contributed by atoms with Gasteiger partial charge in [0.05, 0.1) is 18.6 Å². The van der Waals surface area contributed by atoms with Gasteiger partial charge >= 0.3 is 0 Å². The van der Waals surface area contributed by atoms with E-state index in [2.05, 4.69) is 24.1 Å². The largest absolute Gasteiger partial charge is 0.493 e. The van der Waals surface area contributed by atoms with E-state index in [1.165, 1.54) is 11.3 Å². The van der Waals surface area contributed by atoms with Gasteiger partial charge in [-0.3, -0.25) is 4.79 Å². The van der Waals surface area contributed by atoms with Gasteiger partial charge in [-0.2, -0.15) is 0 Å². The summed E-state index contributed by atoms with van der Waals surface area (Å²) >= 11 is 1.41. The lowest BCUT2D eigenvalue weighted by Crippen LogP contribution is -2.22. The van der Waals surface area contributed by atoms with Crippen LogP contribution in [0.1, 0.15) is 36.6 Å². The number of carbonyl (C=O) groups excluding carboxylic acids is 1. The minimum atomic E-state index is -0.0726. The predicted molar refractivity (Wildman–Crippen MR) is 94.9 cm³/mol. The van der Waals surface area contributed by atoms with Crippen molar-refractivity contribution in [1.29, 1.82) is 0 Å². The Morgan fingerprint density at radius 2 is 2.21 bits per heavy atom. The molecule has 128 valence electrons. The first-order valence-corrected chi connectivity index (χ1v) is 8.66. The lowest BCUT2D eigenvalue weighted by molar-refractivity contribution is -0.116. The molecule has 1 amide bonds. The van der Waals surface area contributed by atoms with Gasteiger partial charge in [-0.05, 0) is 23.6 Å². The number of hydrogen-bond donors (Lipinski definition) is 2. The second kappa shape index (κ2) is 6.68. The monoisotopic (exact) mass is 347 g/mol. The standard InChI is InChI=1S/C17H21N3O3S/c1-9(2)8-23-12-5-4-10(6-13(12)22-3)11-7-14(21)19-16-15(11)24-17(18)20-16/h4-6,9,11H,7-8H2,1-3H3,(H2,18,20)(H,19,21)/t11-/m1/s1. The van der Waals surface area contributed by atoms with Crippen molar-refractivity contribution in [2.24, 2.45) is 5.92 Å². The number of thiazole rings is 1. The van der Waals surface area contributed by atoms with Crippen molar-refractivity contribution >= 4 is 28.2 Å². The number of nitrogens with one attached hydrogen (secondary N) is 1. The zero-order chi connectivity index (χ0) is 17.3. The number of methoxy groups -OCH3 is 1. The van der Waals surface area contributed by atoms with Crippen LogP contribution in [-0.2, 0) is 4.79 Å². The average Bonchev–Trinajstić information content (AvgIpc) is 2.91. The summed E-state index contributed by atoms with van der Waals surface area (Å²) < 4.78 is 11.3. The first-order valence-electron chi connectivity index (χ1n) is 7.84. The van der Waals surface area contributed by atoms with Crippen LogP contribution in [-0.4, -0.2) is 24.6 Å². The molecule has 0 aliphatic carbocycles. The summed E-state index contributed by atoms with van der Waals surface area (Å²) in [5.41, 5.74) is 6.79. The van der Waals surface area contributed by atoms with Gasteiger partial charge in [0.25, 0.3) is 0 Å². The number of aromatic nitrogens is 1. The molecular formula is C17H21N3O3S. The van der Waals surface area contributed by atoms with Crippen molar-refractivity contribution in [3.63, 3.8) is 0 Å². The number of amides is 1. The summed E-state index contributed by atoms with van der Waals surface area (Å²) in [6.45, 7) is 4.81. The Bertz CT molecular complexity index is 758. The van der Waals surface area contributed by atoms with Crippen LogP contribution in [0.25, 0.3) is 0 Å². The van der Waals surface area contributed by atoms with Crippen molar-refractivity contribution in [3.05, 3.63) is 28.6 Å². The molecule has 0 spiro atoms. The highest BCUT2D eigenvalue weighted by Gasteiger charge is 2.30. The van der Waals surface area contributed by atoms with Gasteiger partial charge in [0, 0.05) is 12.3 Å². The molecule has 1 aliphatic rings. The number of nitrogen functional groups attached to an aromatic ring is 1. The van der Waals surface area contributed by atoms with Crippen LogP contribution >= 0.6 is 11.3 Å². The van der Waals surface area contributed by atoms with Gasteiger partial charge in [-0.15, -0.1) is 0 Å². The Kier molecular flexibility index (Phi) is 4.62. The SMILES string of the molecule is COc1cc([C@H]2CC(=O)Nc3nc(N)sc32)ccc1OCC(C)C. The molecule has 2 heterocycles. The lowest BCUT2D eigenvalue weighted by Gasteiger charge is -2.22. The number of hydrogen-bond acceptors (Lipinski definition) is 6. The van der Waals surface area contributed by atoms with Gasteiger partial charge in [0.15, 0.2) is 16.6 Å². The first-order chi connectivity index (χ1) is 11.5. The van der Waals surface area contributed by atoms with Crippen LogP contribution in [0.2, 0.25) is 0 Å². The summed E-state index contributed by atoms with van der Waals surface area (Å²) in [6.07, 6.45) is 0.365. The third kappa shape index (κ3) is 3.31. The molecule has 1 atom stereocenters. The fraction of sp³-hybridized carbons (Fsp3) is 0.412. The number of benzene rings is 1. The Morgan fingerprint density at radius 1 is 1.42 bits per heavy atom. The zero-order valence-corrected chi connectivity index (χ0v) is 14.8. The molecule has 0 unspecified atom stereocenters. The maximum absolute atomic E-state index is 12.0. The molecule has 6 nitrogen and oxygen atoms in total. The maximum Gasteiger partial charge on any atom is 0.226 e. The minimum absolute atomic E-state index is 0.0584. The van der Waals surface area contributed by atoms with Crippen LogP contribution in [0, 0.1) is 5.92 Å². The van der Waals surface area contributed by atoms with Crippen LogP contribution in [0.4, 0.5) is 10.9 Å². The molecule has 0 saturated heterocycles. The number of rotatable bonds is 5. The molecule has 3 N–H and O–H groups in total. The molecule has 1 aliphatic heterocycles. The van der Waals surface area contributed by atoms with E-state index in [1.54, 1.807) is 7.11 Å². The topological polar surface area (TPSA) is 86.5 Å². The Morgan fingerprint density at radius 3 is 2.92 bits per heavy atom. The molecule has 0 bridgehead atoms. The van der Waals surface area contributed by atoms with Crippen molar-refractivity contribution in [3.8, 4) is 11.5 Å². The van der Waals surface area contributed by atoms with Crippen molar-refractivity contribution in [2.75, 3.05) is 24.8 Å². The van der Waals surface area contributed by atoms with E-state index in [1.807, 2.05) is 18.2 Å². The van der Waals surface area contributed by atoms with Gasteiger partial charge in [-0.1, -0.05) is 31.3 Å². The number of carbonyl (C=O) groups is 1. The summed E-state index contributed by atoms with van der Waals surface area (Å²) in [7, 11) is 1.62. The van der Waals surface area contributed by atoms with Crippen LogP contribution in [0.15, 0.2) is 18.2 Å². The number of nitrogens with two attached hydrogens (primary N) is 1. The molecule has 3 rings (SSSR count). The number of fused-ring (bicyclic) bond motifs is 1. The van der Waals surface area contributed by atoms with E-state index in [9.17, 15) is 4.79 Å². The fourth-order valence-electron chi connectivity index (χ4n) is 2.68. The first kappa shape index (κ1) is 16.6. The third-order valence-corrected chi connectivity index (χ3v) is 4.79. The number of ether oxygens (including phenoxy) is 2. The Labute approximate surface area is 145 Å². The van der Waals surface area contributed by atoms with Gasteiger partial charge in [-0.25, -0.2) is 4.98 Å². The van der Waals surface area contributed by atoms with E-state index in [-0.39, 0.29) is 11.8 Å². The van der Waals surface area contributed by atoms with E-state index in [0.29, 0.717) is 41.4 Å². The third-order valence-electron chi connectivity index (χ3n) is 3.80. The summed E-state index contributed by atoms with van der Waals surface area (Å²) in [5, 5.41) is 3.23. The molecule has 0 fully saturated rings. The second-order valence-electron chi connectivity index (χ2n) is 6.18. The molecule has 2 aromatic rings. The van der Waals surface area contributed by atoms with Gasteiger partial charge in [0.1, 0.15) is 5.82 Å². The van der Waals surface area contributed by atoms with E-state index < -0.39 is 0 Å². The lowest BCUT2D eigenvalue weighted by atomic mass is 9.91. The maximum atomic E-state index is 12.0. The quantitative estimate of drug-likeness (QED) is 0.867. The molecule has 1 aromatic heterocycles. The minimum Gasteiger partial charge on any atom is -0.493 e. The summed E-state index contributed by atoms with van der Waals surface area (Å²) in [6, 6.07) is 5.80. The highest BCUT2D eigenvalue weighted by molar-refractivity contribution is 7.16. The van der Waals surface area contributed by atoms with E-state index >= 15 is 0 Å². The van der Waals surface area contributed by atoms with Crippen LogP contribution < -0.4 is 20.5 Å². The number of anilines is 2. The Hall–Kier alpha value is -2.28. The molecule has 24 heavy (non-hydrogen) atoms. The van der Waals surface area contributed by atoms with Gasteiger partial charge in [0.2, 0.25) is 5.91 Å². The fourth-order valence-corrected chi connectivity index (χ4v) is 3.60. The highest BCUT2D eigenvalue weighted by Crippen LogP contribution is 2.43. The zero-order valence-electron chi connectivity index (χ0n) is 14.0. The van der Waals surface area contributed by atoms with E-state index in [4.69, 9.17) is 15.2 Å². The normalized spacial score (nSPS) is 16.7. The highest BCUT2D eigenvalue weighted by atomic mass is 32.1. The van der Waals surface area contributed by atoms with Crippen molar-refractivity contribution in [1.82, 2.24) is 4.98 Å². The van der Waals surface area contributed by atoms with E-state index in [0.717, 1.165) is 10.4 Å². The van der Waals surface area contributed by atoms with Crippen molar-refractivity contribution in [2.45, 2.75) is 26.2 Å². The van der Waals surface area contributed by atoms with Gasteiger partial charge < -0.3 is 20.5 Å². The Balaban J connectivity index is 1.93. The predicted octanol–water partition coefficient (Wildman–Crippen LogP) is 3.24. The number of nitrogens with zero attached hydrogens (tertiary/aromatic N) is 1. The van der Waals surface area contributed by atoms with Crippen LogP contribution in [0.5, 0.6) is 11.5 Å². The summed E-state index contributed by atoms with van der Waals surface area (Å²) in [5.74, 6) is 2.24. The van der Waals surface area contributed by atoms with Crippen molar-refractivity contribution < 1.29 is 14.3 Å². The second-order valence-corrected chi connectivity index (χ2v) is 7.25. The summed E-state index contributed by atoms with van der Waals surface area (Å²) in [4.78, 5) is 17.1. The molecule has 0 saturated carbocycles. The molecule has 0 radical (unpaired) electrons. The van der Waals surface area contributed by atoms with Crippen LogP contribution in [0.3, 0.4) is 0 Å². The molecular weight excluding hydrogens is 326 g/mol. The average molecular weight is 347 g/mol.